The highest BCUT2D eigenvalue weighted by Crippen LogP contribution is 2.17. The Morgan fingerprint density at radius 3 is 2.88 bits per heavy atom. The van der Waals surface area contributed by atoms with Crippen molar-refractivity contribution in [2.75, 3.05) is 0 Å². The highest BCUT2D eigenvalue weighted by Gasteiger charge is 2.10. The SMILES string of the molecule is Cc1cc(Cn2cc(C(=O)O)cc2Br)no1. The summed E-state index contributed by atoms with van der Waals surface area (Å²) >= 11 is 3.29. The number of aromatic carboxylic acids is 1. The molecule has 6 heteroatoms. The molecule has 2 aromatic heterocycles. The Morgan fingerprint density at radius 2 is 2.38 bits per heavy atom. The fourth-order valence-corrected chi connectivity index (χ4v) is 1.86. The van der Waals surface area contributed by atoms with Gasteiger partial charge >= 0.3 is 5.97 Å². The first-order valence-corrected chi connectivity index (χ1v) is 5.36. The molecule has 0 saturated heterocycles. The number of nitrogens with zero attached hydrogens (tertiary/aromatic N) is 2. The quantitative estimate of drug-likeness (QED) is 0.939. The van der Waals surface area contributed by atoms with E-state index in [0.29, 0.717) is 11.1 Å². The van der Waals surface area contributed by atoms with Crippen molar-refractivity contribution in [3.8, 4) is 0 Å². The second-order valence-electron chi connectivity index (χ2n) is 3.41. The minimum atomic E-state index is -0.948. The molecule has 2 heterocycles. The Morgan fingerprint density at radius 1 is 1.62 bits per heavy atom. The van der Waals surface area contributed by atoms with Crippen molar-refractivity contribution >= 4 is 21.9 Å². The van der Waals surface area contributed by atoms with Gasteiger partial charge in [0.2, 0.25) is 0 Å². The first kappa shape index (κ1) is 10.9. The number of rotatable bonds is 3. The molecule has 2 aromatic rings. The Labute approximate surface area is 99.8 Å². The predicted octanol–water partition coefficient (Wildman–Crippen LogP) is 2.29. The van der Waals surface area contributed by atoms with Crippen molar-refractivity contribution in [3.63, 3.8) is 0 Å². The Bertz CT molecular complexity index is 530. The van der Waals surface area contributed by atoms with E-state index in [-0.39, 0.29) is 5.56 Å². The molecule has 0 amide bonds. The Kier molecular flexibility index (Phi) is 2.82. The predicted molar refractivity (Wildman–Crippen MR) is 59.4 cm³/mol. The van der Waals surface area contributed by atoms with Crippen molar-refractivity contribution in [2.45, 2.75) is 13.5 Å². The van der Waals surface area contributed by atoms with Crippen molar-refractivity contribution in [1.82, 2.24) is 9.72 Å². The van der Waals surface area contributed by atoms with Crippen LogP contribution in [-0.4, -0.2) is 20.8 Å². The lowest BCUT2D eigenvalue weighted by atomic mass is 10.3. The molecule has 0 aliphatic carbocycles. The minimum Gasteiger partial charge on any atom is -0.478 e. The van der Waals surface area contributed by atoms with Crippen molar-refractivity contribution < 1.29 is 14.4 Å². The average molecular weight is 285 g/mol. The molecule has 0 fully saturated rings. The van der Waals surface area contributed by atoms with Crippen LogP contribution in [0.15, 0.2) is 27.5 Å². The van der Waals surface area contributed by atoms with Gasteiger partial charge < -0.3 is 14.2 Å². The number of halogens is 1. The summed E-state index contributed by atoms with van der Waals surface area (Å²) in [5.74, 6) is -0.215. The molecular formula is C10H9BrN2O3. The van der Waals surface area contributed by atoms with Gasteiger partial charge in [0.05, 0.1) is 16.7 Å². The third-order valence-electron chi connectivity index (χ3n) is 2.10. The lowest BCUT2D eigenvalue weighted by Crippen LogP contribution is -1.99. The molecule has 0 radical (unpaired) electrons. The number of aryl methyl sites for hydroxylation is 1. The van der Waals surface area contributed by atoms with Crippen LogP contribution in [0.4, 0.5) is 0 Å². The van der Waals surface area contributed by atoms with E-state index in [0.717, 1.165) is 11.5 Å². The summed E-state index contributed by atoms with van der Waals surface area (Å²) in [6.07, 6.45) is 1.55. The van der Waals surface area contributed by atoms with E-state index in [1.54, 1.807) is 16.8 Å². The van der Waals surface area contributed by atoms with Gasteiger partial charge in [-0.15, -0.1) is 0 Å². The van der Waals surface area contributed by atoms with Gasteiger partial charge in [0, 0.05) is 12.3 Å². The highest BCUT2D eigenvalue weighted by atomic mass is 79.9. The molecule has 16 heavy (non-hydrogen) atoms. The van der Waals surface area contributed by atoms with E-state index in [9.17, 15) is 4.79 Å². The summed E-state index contributed by atoms with van der Waals surface area (Å²) in [5.41, 5.74) is 0.998. The Balaban J connectivity index is 2.24. The monoisotopic (exact) mass is 284 g/mol. The van der Waals surface area contributed by atoms with E-state index in [4.69, 9.17) is 9.63 Å². The molecule has 0 atom stereocenters. The fraction of sp³-hybridized carbons (Fsp3) is 0.200. The zero-order valence-corrected chi connectivity index (χ0v) is 10.1. The maximum atomic E-state index is 10.8. The smallest absolute Gasteiger partial charge is 0.337 e. The van der Waals surface area contributed by atoms with Crippen LogP contribution in [0.1, 0.15) is 21.8 Å². The first-order valence-electron chi connectivity index (χ1n) is 4.57. The molecule has 0 bridgehead atoms. The van der Waals surface area contributed by atoms with Crippen molar-refractivity contribution in [2.24, 2.45) is 0 Å². The second kappa shape index (κ2) is 4.13. The van der Waals surface area contributed by atoms with Crippen LogP contribution >= 0.6 is 15.9 Å². The third-order valence-corrected chi connectivity index (χ3v) is 2.78. The van der Waals surface area contributed by atoms with E-state index in [1.165, 1.54) is 0 Å². The number of hydrogen-bond donors (Lipinski definition) is 1. The van der Waals surface area contributed by atoms with Crippen LogP contribution in [0.5, 0.6) is 0 Å². The summed E-state index contributed by atoms with van der Waals surface area (Å²) < 4.78 is 7.39. The van der Waals surface area contributed by atoms with Gasteiger partial charge in [0.25, 0.3) is 0 Å². The molecule has 2 rings (SSSR count). The molecule has 0 spiro atoms. The largest absolute Gasteiger partial charge is 0.478 e. The molecule has 5 nitrogen and oxygen atoms in total. The summed E-state index contributed by atoms with van der Waals surface area (Å²) in [6, 6.07) is 3.36. The zero-order valence-electron chi connectivity index (χ0n) is 8.48. The van der Waals surface area contributed by atoms with E-state index in [2.05, 4.69) is 21.1 Å². The highest BCUT2D eigenvalue weighted by molar-refractivity contribution is 9.10. The summed E-state index contributed by atoms with van der Waals surface area (Å²) in [5, 5.41) is 12.7. The molecule has 0 saturated carbocycles. The lowest BCUT2D eigenvalue weighted by Gasteiger charge is -1.99. The van der Waals surface area contributed by atoms with E-state index >= 15 is 0 Å². The van der Waals surface area contributed by atoms with E-state index < -0.39 is 5.97 Å². The molecule has 0 aliphatic heterocycles. The molecule has 0 unspecified atom stereocenters. The van der Waals surface area contributed by atoms with Crippen molar-refractivity contribution in [3.05, 3.63) is 40.0 Å². The van der Waals surface area contributed by atoms with Crippen molar-refractivity contribution in [1.29, 1.82) is 0 Å². The second-order valence-corrected chi connectivity index (χ2v) is 4.23. The summed E-state index contributed by atoms with van der Waals surface area (Å²) in [6.45, 7) is 2.29. The van der Waals surface area contributed by atoms with Gasteiger partial charge in [0.1, 0.15) is 11.5 Å². The van der Waals surface area contributed by atoms with Gasteiger partial charge in [-0.1, -0.05) is 5.16 Å². The average Bonchev–Trinajstić information content (AvgIpc) is 2.75. The molecule has 0 aliphatic rings. The molecule has 1 N–H and O–H groups in total. The first-order chi connectivity index (χ1) is 7.56. The van der Waals surface area contributed by atoms with Crippen LogP contribution in [0.2, 0.25) is 0 Å². The van der Waals surface area contributed by atoms with Crippen LogP contribution in [-0.2, 0) is 6.54 Å². The third kappa shape index (κ3) is 2.16. The van der Waals surface area contributed by atoms with Gasteiger partial charge in [-0.25, -0.2) is 4.79 Å². The number of carboxylic acid groups (broad SMARTS) is 1. The number of hydrogen-bond acceptors (Lipinski definition) is 3. The maximum absolute atomic E-state index is 10.8. The summed E-state index contributed by atoms with van der Waals surface area (Å²) in [7, 11) is 0. The Hall–Kier alpha value is -1.56. The maximum Gasteiger partial charge on any atom is 0.337 e. The van der Waals surface area contributed by atoms with E-state index in [1.807, 2.05) is 13.0 Å². The van der Waals surface area contributed by atoms with Gasteiger partial charge in [-0.3, -0.25) is 0 Å². The van der Waals surface area contributed by atoms with Crippen LogP contribution in [0, 0.1) is 6.92 Å². The topological polar surface area (TPSA) is 68.3 Å². The molecule has 84 valence electrons. The fourth-order valence-electron chi connectivity index (χ4n) is 1.38. The number of aromatic nitrogens is 2. The van der Waals surface area contributed by atoms with Gasteiger partial charge in [-0.05, 0) is 28.9 Å². The standard InChI is InChI=1S/C10H9BrN2O3/c1-6-2-8(12-16-6)5-13-4-7(10(14)15)3-9(13)11/h2-4H,5H2,1H3,(H,14,15). The molecule has 0 aromatic carbocycles. The van der Waals surface area contributed by atoms with Crippen LogP contribution < -0.4 is 0 Å². The minimum absolute atomic E-state index is 0.243. The van der Waals surface area contributed by atoms with Gasteiger partial charge in [0.15, 0.2) is 0 Å². The normalized spacial score (nSPS) is 10.6. The lowest BCUT2D eigenvalue weighted by molar-refractivity contribution is 0.0697. The van der Waals surface area contributed by atoms with Crippen LogP contribution in [0.3, 0.4) is 0 Å². The summed E-state index contributed by atoms with van der Waals surface area (Å²) in [4.78, 5) is 10.8. The number of carbonyl (C=O) groups is 1. The van der Waals surface area contributed by atoms with Crippen LogP contribution in [0.25, 0.3) is 0 Å². The molecular weight excluding hydrogens is 276 g/mol. The zero-order chi connectivity index (χ0) is 11.7. The number of carboxylic acids is 1. The van der Waals surface area contributed by atoms with Gasteiger partial charge in [-0.2, -0.15) is 0 Å².